The highest BCUT2D eigenvalue weighted by molar-refractivity contribution is 5.85. The average molecular weight is 480 g/mol. The van der Waals surface area contributed by atoms with Crippen LogP contribution >= 0.6 is 12.4 Å². The zero-order valence-electron chi connectivity index (χ0n) is 19.1. The Hall–Kier alpha value is -2.82. The second-order valence-corrected chi connectivity index (χ2v) is 7.69. The van der Waals surface area contributed by atoms with Crippen molar-refractivity contribution in [2.75, 3.05) is 47.1 Å². The summed E-state index contributed by atoms with van der Waals surface area (Å²) in [6, 6.07) is 5.52. The minimum absolute atomic E-state index is 0. The van der Waals surface area contributed by atoms with Crippen LogP contribution < -0.4 is 20.7 Å². The van der Waals surface area contributed by atoms with Gasteiger partial charge in [0.05, 0.1) is 27.4 Å². The third-order valence-electron chi connectivity index (χ3n) is 5.72. The Labute approximate surface area is 197 Å². The number of hydrogen-bond acceptors (Lipinski definition) is 7. The molecule has 3 heterocycles. The maximum absolute atomic E-state index is 12.9. The van der Waals surface area contributed by atoms with Gasteiger partial charge in [0, 0.05) is 38.3 Å². The highest BCUT2D eigenvalue weighted by Gasteiger charge is 2.21. The SMILES string of the molecule is CCCn1c(=O)[nH]c(=O)c2c1nc(-c1ccc(OC)c(OC)c1)n2CCN1CCOCC1.Cl. The van der Waals surface area contributed by atoms with E-state index in [1.807, 2.05) is 29.7 Å². The first-order chi connectivity index (χ1) is 15.6. The number of nitrogens with zero attached hydrogens (tertiary/aromatic N) is 4. The molecule has 4 rings (SSSR count). The number of benzene rings is 1. The number of fused-ring (bicyclic) bond motifs is 1. The van der Waals surface area contributed by atoms with Crippen LogP contribution in [0.4, 0.5) is 0 Å². The van der Waals surface area contributed by atoms with E-state index >= 15 is 0 Å². The lowest BCUT2D eigenvalue weighted by atomic mass is 10.2. The molecule has 33 heavy (non-hydrogen) atoms. The van der Waals surface area contributed by atoms with Gasteiger partial charge in [0.2, 0.25) is 0 Å². The van der Waals surface area contributed by atoms with Crippen LogP contribution in [0.5, 0.6) is 11.5 Å². The number of aromatic amines is 1. The lowest BCUT2D eigenvalue weighted by Crippen LogP contribution is -2.38. The van der Waals surface area contributed by atoms with Gasteiger partial charge in [-0.1, -0.05) is 6.92 Å². The highest BCUT2D eigenvalue weighted by atomic mass is 35.5. The van der Waals surface area contributed by atoms with Gasteiger partial charge >= 0.3 is 5.69 Å². The van der Waals surface area contributed by atoms with Crippen molar-refractivity contribution in [3.8, 4) is 22.9 Å². The summed E-state index contributed by atoms with van der Waals surface area (Å²) in [4.78, 5) is 34.9. The van der Waals surface area contributed by atoms with Gasteiger partial charge < -0.3 is 18.8 Å². The third kappa shape index (κ3) is 4.92. The fraction of sp³-hybridized carbons (Fsp3) is 0.500. The largest absolute Gasteiger partial charge is 0.493 e. The molecule has 0 unspecified atom stereocenters. The zero-order chi connectivity index (χ0) is 22.7. The van der Waals surface area contributed by atoms with Crippen LogP contribution in [0.1, 0.15) is 13.3 Å². The Bertz CT molecular complexity index is 1210. The first-order valence-electron chi connectivity index (χ1n) is 10.8. The van der Waals surface area contributed by atoms with Crippen LogP contribution in [-0.4, -0.2) is 71.1 Å². The zero-order valence-corrected chi connectivity index (χ0v) is 19.9. The molecule has 1 fully saturated rings. The van der Waals surface area contributed by atoms with E-state index in [4.69, 9.17) is 19.2 Å². The van der Waals surface area contributed by atoms with Crippen LogP contribution in [-0.2, 0) is 17.8 Å². The molecule has 180 valence electrons. The molecule has 0 saturated carbocycles. The van der Waals surface area contributed by atoms with Gasteiger partial charge in [-0.15, -0.1) is 12.4 Å². The Morgan fingerprint density at radius 2 is 1.76 bits per heavy atom. The molecule has 10 nitrogen and oxygen atoms in total. The Balaban J connectivity index is 0.00000306. The third-order valence-corrected chi connectivity index (χ3v) is 5.72. The van der Waals surface area contributed by atoms with Crippen molar-refractivity contribution in [1.82, 2.24) is 24.0 Å². The summed E-state index contributed by atoms with van der Waals surface area (Å²) in [5, 5.41) is 0. The molecule has 0 aliphatic carbocycles. The molecule has 1 aromatic carbocycles. The van der Waals surface area contributed by atoms with E-state index in [1.54, 1.807) is 14.2 Å². The first kappa shape index (κ1) is 24.8. The number of nitrogens with one attached hydrogen (secondary N) is 1. The number of aromatic nitrogens is 4. The predicted molar refractivity (Wildman–Crippen MR) is 128 cm³/mol. The lowest BCUT2D eigenvalue weighted by molar-refractivity contribution is 0.0365. The number of H-pyrrole nitrogens is 1. The molecule has 0 atom stereocenters. The van der Waals surface area contributed by atoms with Gasteiger partial charge in [0.15, 0.2) is 22.7 Å². The Morgan fingerprint density at radius 1 is 1.03 bits per heavy atom. The summed E-state index contributed by atoms with van der Waals surface area (Å²) >= 11 is 0. The Kier molecular flexibility index (Phi) is 8.17. The van der Waals surface area contributed by atoms with Gasteiger partial charge in [-0.25, -0.2) is 9.78 Å². The van der Waals surface area contributed by atoms with Gasteiger partial charge in [-0.3, -0.25) is 19.2 Å². The molecule has 1 N–H and O–H groups in total. The second-order valence-electron chi connectivity index (χ2n) is 7.69. The molecule has 11 heteroatoms. The van der Waals surface area contributed by atoms with E-state index in [9.17, 15) is 9.59 Å². The van der Waals surface area contributed by atoms with Crippen molar-refractivity contribution in [3.63, 3.8) is 0 Å². The quantitative estimate of drug-likeness (QED) is 0.524. The summed E-state index contributed by atoms with van der Waals surface area (Å²) in [6.45, 7) is 6.82. The van der Waals surface area contributed by atoms with Crippen LogP contribution in [0.15, 0.2) is 27.8 Å². The number of morpholine rings is 1. The van der Waals surface area contributed by atoms with E-state index in [0.29, 0.717) is 54.8 Å². The van der Waals surface area contributed by atoms with Crippen LogP contribution in [0, 0.1) is 0 Å². The van der Waals surface area contributed by atoms with Gasteiger partial charge in [0.25, 0.3) is 5.56 Å². The second kappa shape index (κ2) is 10.9. The lowest BCUT2D eigenvalue weighted by Gasteiger charge is -2.26. The standard InChI is InChI=1S/C22H29N5O5.ClH/c1-4-7-27-20-18(21(28)24-22(27)29)26(9-8-25-10-12-32-13-11-25)19(23-20)15-5-6-16(30-2)17(14-15)31-3;/h5-6,14H,4,7-13H2,1-3H3,(H,24,28,29);1H. The van der Waals surface area contributed by atoms with Gasteiger partial charge in [0.1, 0.15) is 5.82 Å². The van der Waals surface area contributed by atoms with E-state index in [-0.39, 0.29) is 12.4 Å². The molecule has 1 saturated heterocycles. The summed E-state index contributed by atoms with van der Waals surface area (Å²) in [6.07, 6.45) is 0.743. The molecular formula is C22H30ClN5O5. The number of imidazole rings is 1. The molecule has 1 aliphatic rings. The van der Waals surface area contributed by atoms with E-state index in [2.05, 4.69) is 9.88 Å². The summed E-state index contributed by atoms with van der Waals surface area (Å²) < 4.78 is 19.7. The molecular weight excluding hydrogens is 450 g/mol. The molecule has 0 spiro atoms. The first-order valence-corrected chi connectivity index (χ1v) is 10.8. The van der Waals surface area contributed by atoms with Crippen molar-refractivity contribution < 1.29 is 14.2 Å². The fourth-order valence-corrected chi connectivity index (χ4v) is 4.08. The maximum atomic E-state index is 12.9. The highest BCUT2D eigenvalue weighted by Crippen LogP contribution is 2.33. The van der Waals surface area contributed by atoms with Crippen LogP contribution in [0.25, 0.3) is 22.6 Å². The molecule has 0 radical (unpaired) electrons. The number of hydrogen-bond donors (Lipinski definition) is 1. The van der Waals surface area contributed by atoms with E-state index in [1.165, 1.54) is 4.57 Å². The minimum atomic E-state index is -0.443. The topological polar surface area (TPSA) is 104 Å². The van der Waals surface area contributed by atoms with E-state index < -0.39 is 11.2 Å². The van der Waals surface area contributed by atoms with Crippen molar-refractivity contribution in [3.05, 3.63) is 39.0 Å². The average Bonchev–Trinajstić information content (AvgIpc) is 3.20. The number of ether oxygens (including phenoxy) is 3. The number of aryl methyl sites for hydroxylation is 1. The maximum Gasteiger partial charge on any atom is 0.330 e. The number of halogens is 1. The van der Waals surface area contributed by atoms with Crippen LogP contribution in [0.3, 0.4) is 0 Å². The number of rotatable bonds is 8. The minimum Gasteiger partial charge on any atom is -0.493 e. The molecule has 2 aromatic heterocycles. The van der Waals surface area contributed by atoms with Crippen LogP contribution in [0.2, 0.25) is 0 Å². The molecule has 3 aromatic rings. The molecule has 0 bridgehead atoms. The van der Waals surface area contributed by atoms with Gasteiger partial charge in [-0.05, 0) is 24.6 Å². The smallest absolute Gasteiger partial charge is 0.330 e. The number of methoxy groups -OCH3 is 2. The van der Waals surface area contributed by atoms with E-state index in [0.717, 1.165) is 31.6 Å². The van der Waals surface area contributed by atoms with Crippen molar-refractivity contribution in [2.24, 2.45) is 0 Å². The predicted octanol–water partition coefficient (Wildman–Crippen LogP) is 1.73. The molecule has 1 aliphatic heterocycles. The van der Waals surface area contributed by atoms with Crippen molar-refractivity contribution in [2.45, 2.75) is 26.4 Å². The van der Waals surface area contributed by atoms with Gasteiger partial charge in [-0.2, -0.15) is 0 Å². The fourth-order valence-electron chi connectivity index (χ4n) is 4.08. The normalized spacial score (nSPS) is 14.3. The summed E-state index contributed by atoms with van der Waals surface area (Å²) in [7, 11) is 3.16. The molecule has 0 amide bonds. The van der Waals surface area contributed by atoms with Crippen molar-refractivity contribution in [1.29, 1.82) is 0 Å². The Morgan fingerprint density at radius 3 is 2.42 bits per heavy atom. The monoisotopic (exact) mass is 479 g/mol. The summed E-state index contributed by atoms with van der Waals surface area (Å²) in [5.41, 5.74) is 0.693. The van der Waals surface area contributed by atoms with Crippen molar-refractivity contribution >= 4 is 23.6 Å². The summed E-state index contributed by atoms with van der Waals surface area (Å²) in [5.74, 6) is 1.78.